The molecule has 1 aromatic carbocycles. The van der Waals surface area contributed by atoms with Crippen molar-refractivity contribution in [3.63, 3.8) is 0 Å². The van der Waals surface area contributed by atoms with E-state index < -0.39 is 0 Å². The molecule has 0 atom stereocenters. The minimum atomic E-state index is -0.333. The van der Waals surface area contributed by atoms with Crippen molar-refractivity contribution < 1.29 is 18.7 Å². The number of hydrogen-bond acceptors (Lipinski definition) is 6. The zero-order valence-electron chi connectivity index (χ0n) is 12.4. The highest BCUT2D eigenvalue weighted by molar-refractivity contribution is 5.51. The van der Waals surface area contributed by atoms with E-state index in [4.69, 9.17) is 9.15 Å². The lowest BCUT2D eigenvalue weighted by Gasteiger charge is -2.07. The Bertz CT molecular complexity index is 803. The summed E-state index contributed by atoms with van der Waals surface area (Å²) in [6.07, 6.45) is 0. The lowest BCUT2D eigenvalue weighted by atomic mass is 10.2. The normalized spacial score (nSPS) is 10.7. The number of pyridine rings is 1. The van der Waals surface area contributed by atoms with Crippen molar-refractivity contribution in [2.75, 3.05) is 0 Å². The smallest absolute Gasteiger partial charge is 0.254 e. The van der Waals surface area contributed by atoms with Gasteiger partial charge in [-0.05, 0) is 43.3 Å². The fraction of sp³-hybridized carbons (Fsp3) is 0.188. The van der Waals surface area contributed by atoms with Gasteiger partial charge in [-0.1, -0.05) is 0 Å². The average molecular weight is 315 g/mol. The molecule has 3 aromatic rings. The summed E-state index contributed by atoms with van der Waals surface area (Å²) in [7, 11) is 0. The number of halogens is 1. The Morgan fingerprint density at radius 3 is 2.65 bits per heavy atom. The molecule has 118 valence electrons. The Labute approximate surface area is 131 Å². The van der Waals surface area contributed by atoms with Gasteiger partial charge >= 0.3 is 0 Å². The van der Waals surface area contributed by atoms with Gasteiger partial charge in [0.25, 0.3) is 5.89 Å². The van der Waals surface area contributed by atoms with Crippen LogP contribution in [0.3, 0.4) is 0 Å². The highest BCUT2D eigenvalue weighted by Crippen LogP contribution is 2.21. The minimum Gasteiger partial charge on any atom is -0.482 e. The van der Waals surface area contributed by atoms with E-state index in [1.54, 1.807) is 24.3 Å². The Hall–Kier alpha value is -2.80. The molecule has 0 bridgehead atoms. The molecule has 23 heavy (non-hydrogen) atoms. The summed E-state index contributed by atoms with van der Waals surface area (Å²) < 4.78 is 23.9. The molecule has 0 aliphatic heterocycles. The molecule has 0 fully saturated rings. The van der Waals surface area contributed by atoms with Crippen molar-refractivity contribution in [3.8, 4) is 17.2 Å². The first kappa shape index (κ1) is 15.1. The summed E-state index contributed by atoms with van der Waals surface area (Å²) in [5, 5.41) is 17.1. The maximum absolute atomic E-state index is 12.9. The van der Waals surface area contributed by atoms with E-state index in [2.05, 4.69) is 15.2 Å². The van der Waals surface area contributed by atoms with Crippen molar-refractivity contribution in [1.29, 1.82) is 0 Å². The second kappa shape index (κ2) is 6.53. The van der Waals surface area contributed by atoms with E-state index >= 15 is 0 Å². The third kappa shape index (κ3) is 3.51. The molecular weight excluding hydrogens is 301 g/mol. The predicted octanol–water partition coefficient (Wildman–Crippen LogP) is 2.65. The van der Waals surface area contributed by atoms with E-state index in [-0.39, 0.29) is 30.8 Å². The number of aliphatic hydroxyl groups excluding tert-OH is 1. The van der Waals surface area contributed by atoms with Gasteiger partial charge in [-0.15, -0.1) is 10.2 Å². The van der Waals surface area contributed by atoms with E-state index in [1.165, 1.54) is 12.1 Å². The first-order valence-corrected chi connectivity index (χ1v) is 6.94. The zero-order chi connectivity index (χ0) is 16.2. The monoisotopic (exact) mass is 315 g/mol. The number of aliphatic hydroxyl groups is 1. The van der Waals surface area contributed by atoms with Crippen LogP contribution in [-0.4, -0.2) is 20.3 Å². The first-order chi connectivity index (χ1) is 11.2. The summed E-state index contributed by atoms with van der Waals surface area (Å²) in [5.41, 5.74) is 1.86. The first-order valence-electron chi connectivity index (χ1n) is 6.94. The van der Waals surface area contributed by atoms with E-state index in [9.17, 15) is 9.50 Å². The summed E-state index contributed by atoms with van der Waals surface area (Å²) in [4.78, 5) is 4.19. The summed E-state index contributed by atoms with van der Waals surface area (Å²) in [6.45, 7) is 1.66. The maximum Gasteiger partial charge on any atom is 0.254 e. The van der Waals surface area contributed by atoms with E-state index in [0.717, 1.165) is 5.69 Å². The molecule has 2 heterocycles. The Morgan fingerprint density at radius 2 is 1.91 bits per heavy atom. The van der Waals surface area contributed by atoms with Gasteiger partial charge in [0.2, 0.25) is 5.89 Å². The summed E-state index contributed by atoms with van der Waals surface area (Å²) in [6, 6.07) is 9.27. The molecule has 1 N–H and O–H groups in total. The van der Waals surface area contributed by atoms with Crippen LogP contribution < -0.4 is 4.74 Å². The quantitative estimate of drug-likeness (QED) is 0.779. The Morgan fingerprint density at radius 1 is 1.13 bits per heavy atom. The second-order valence-electron chi connectivity index (χ2n) is 4.85. The maximum atomic E-state index is 12.9. The van der Waals surface area contributed by atoms with Crippen LogP contribution >= 0.6 is 0 Å². The van der Waals surface area contributed by atoms with Gasteiger partial charge in [0.1, 0.15) is 17.3 Å². The number of hydrogen-bond donors (Lipinski definition) is 1. The van der Waals surface area contributed by atoms with Crippen LogP contribution in [0.1, 0.15) is 17.3 Å². The third-order valence-electron chi connectivity index (χ3n) is 3.13. The molecule has 0 saturated heterocycles. The highest BCUT2D eigenvalue weighted by atomic mass is 19.1. The molecule has 0 radical (unpaired) electrons. The molecule has 2 aromatic heterocycles. The van der Waals surface area contributed by atoms with Crippen LogP contribution in [0.25, 0.3) is 11.5 Å². The second-order valence-corrected chi connectivity index (χ2v) is 4.85. The van der Waals surface area contributed by atoms with Gasteiger partial charge < -0.3 is 14.3 Å². The molecule has 3 rings (SSSR count). The predicted molar refractivity (Wildman–Crippen MR) is 78.9 cm³/mol. The molecule has 0 aliphatic carbocycles. The number of aryl methyl sites for hydroxylation is 1. The molecule has 0 spiro atoms. The number of nitrogens with zero attached hydrogens (tertiary/aromatic N) is 3. The SMILES string of the molecule is Cc1ccc(OCc2nnc(-c3ccc(F)cc3)o2)c(CO)n1. The van der Waals surface area contributed by atoms with Crippen LogP contribution in [0.4, 0.5) is 4.39 Å². The Kier molecular flexibility index (Phi) is 4.29. The van der Waals surface area contributed by atoms with Crippen molar-refractivity contribution in [2.24, 2.45) is 0 Å². The van der Waals surface area contributed by atoms with Gasteiger partial charge in [-0.2, -0.15) is 0 Å². The lowest BCUT2D eigenvalue weighted by molar-refractivity contribution is 0.237. The topological polar surface area (TPSA) is 81.3 Å². The highest BCUT2D eigenvalue weighted by Gasteiger charge is 2.11. The molecule has 0 amide bonds. The van der Waals surface area contributed by atoms with Crippen molar-refractivity contribution >= 4 is 0 Å². The number of rotatable bonds is 5. The molecule has 0 saturated carbocycles. The number of aromatic nitrogens is 3. The largest absolute Gasteiger partial charge is 0.482 e. The standard InChI is InChI=1S/C16H14FN3O3/c1-10-2-7-14(13(8-21)18-10)22-9-15-19-20-16(23-15)11-3-5-12(17)6-4-11/h2-7,21H,8-9H2,1H3. The molecule has 0 aliphatic rings. The van der Waals surface area contributed by atoms with Crippen molar-refractivity contribution in [3.05, 3.63) is 59.5 Å². The van der Waals surface area contributed by atoms with Crippen molar-refractivity contribution in [2.45, 2.75) is 20.1 Å². The molecule has 6 nitrogen and oxygen atoms in total. The van der Waals surface area contributed by atoms with Gasteiger partial charge in [-0.3, -0.25) is 4.98 Å². The fourth-order valence-electron chi connectivity index (χ4n) is 2.00. The zero-order valence-corrected chi connectivity index (χ0v) is 12.4. The number of benzene rings is 1. The van der Waals surface area contributed by atoms with Gasteiger partial charge in [-0.25, -0.2) is 4.39 Å². The minimum absolute atomic E-state index is 0.0476. The third-order valence-corrected chi connectivity index (χ3v) is 3.13. The van der Waals surface area contributed by atoms with Crippen LogP contribution in [0, 0.1) is 12.7 Å². The van der Waals surface area contributed by atoms with Gasteiger partial charge in [0.15, 0.2) is 6.61 Å². The van der Waals surface area contributed by atoms with Gasteiger partial charge in [0.05, 0.1) is 6.61 Å². The van der Waals surface area contributed by atoms with E-state index in [0.29, 0.717) is 17.0 Å². The molecular formula is C16H14FN3O3. The van der Waals surface area contributed by atoms with E-state index in [1.807, 2.05) is 6.92 Å². The lowest BCUT2D eigenvalue weighted by Crippen LogP contribution is -2.01. The summed E-state index contributed by atoms with van der Waals surface area (Å²) >= 11 is 0. The van der Waals surface area contributed by atoms with Crippen LogP contribution in [0.15, 0.2) is 40.8 Å². The number of ether oxygens (including phenoxy) is 1. The molecule has 7 heteroatoms. The van der Waals surface area contributed by atoms with Gasteiger partial charge in [0, 0.05) is 11.3 Å². The van der Waals surface area contributed by atoms with Crippen molar-refractivity contribution in [1.82, 2.24) is 15.2 Å². The van der Waals surface area contributed by atoms with Crippen LogP contribution in [-0.2, 0) is 13.2 Å². The van der Waals surface area contributed by atoms with Crippen LogP contribution in [0.2, 0.25) is 0 Å². The average Bonchev–Trinajstić information content (AvgIpc) is 3.03. The fourth-order valence-corrected chi connectivity index (χ4v) is 2.00. The van der Waals surface area contributed by atoms with Crippen LogP contribution in [0.5, 0.6) is 5.75 Å². The summed E-state index contributed by atoms with van der Waals surface area (Å²) in [5.74, 6) is 0.682. The molecule has 0 unspecified atom stereocenters. The Balaban J connectivity index is 1.71.